The number of nitrogens with zero attached hydrogens (tertiary/aromatic N) is 4. The predicted molar refractivity (Wildman–Crippen MR) is 102 cm³/mol. The quantitative estimate of drug-likeness (QED) is 0.301. The van der Waals surface area contributed by atoms with Crippen molar-refractivity contribution in [2.45, 2.75) is 6.42 Å². The molecule has 1 aliphatic rings. The molecule has 22 heavy (non-hydrogen) atoms. The first-order valence-corrected chi connectivity index (χ1v) is 9.77. The summed E-state index contributed by atoms with van der Waals surface area (Å²) in [6, 6.07) is 0. The maximum Gasteiger partial charge on any atom is 0.191 e. The molecule has 0 unspecified atom stereocenters. The molecule has 1 fully saturated rings. The van der Waals surface area contributed by atoms with Crippen LogP contribution in [0.3, 0.4) is 0 Å². The molecule has 1 aliphatic heterocycles. The van der Waals surface area contributed by atoms with Crippen LogP contribution in [0.25, 0.3) is 0 Å². The number of aromatic nitrogens is 1. The van der Waals surface area contributed by atoms with E-state index in [2.05, 4.69) is 14.9 Å². The third kappa shape index (κ3) is 6.24. The highest BCUT2D eigenvalue weighted by Crippen LogP contribution is 2.18. The fourth-order valence-electron chi connectivity index (χ4n) is 2.12. The molecule has 0 bridgehead atoms. The van der Waals surface area contributed by atoms with Crippen molar-refractivity contribution in [1.82, 2.24) is 9.88 Å². The van der Waals surface area contributed by atoms with E-state index in [1.54, 1.807) is 11.3 Å². The SMILES string of the molecule is CS(=O)(=O)CCCN=C(N)N1CCN(c2nccs2)CC1.I. The van der Waals surface area contributed by atoms with E-state index in [0.29, 0.717) is 18.9 Å². The van der Waals surface area contributed by atoms with Gasteiger partial charge in [0, 0.05) is 50.6 Å². The number of thiazole rings is 1. The van der Waals surface area contributed by atoms with Gasteiger partial charge in [-0.2, -0.15) is 0 Å². The number of guanidine groups is 1. The number of anilines is 1. The topological polar surface area (TPSA) is 91.9 Å². The zero-order valence-corrected chi connectivity index (χ0v) is 16.5. The summed E-state index contributed by atoms with van der Waals surface area (Å²) >= 11 is 1.64. The van der Waals surface area contributed by atoms with E-state index in [0.717, 1.165) is 31.3 Å². The molecule has 0 aliphatic carbocycles. The second-order valence-electron chi connectivity index (χ2n) is 5.01. The molecule has 7 nitrogen and oxygen atoms in total. The molecule has 0 aromatic carbocycles. The van der Waals surface area contributed by atoms with Gasteiger partial charge in [0.05, 0.1) is 5.75 Å². The van der Waals surface area contributed by atoms with E-state index >= 15 is 0 Å². The molecule has 2 heterocycles. The van der Waals surface area contributed by atoms with Crippen molar-refractivity contribution in [3.05, 3.63) is 11.6 Å². The van der Waals surface area contributed by atoms with Gasteiger partial charge in [0.15, 0.2) is 11.1 Å². The second-order valence-corrected chi connectivity index (χ2v) is 8.14. The first-order valence-electron chi connectivity index (χ1n) is 6.83. The Balaban J connectivity index is 0.00000242. The predicted octanol–water partition coefficient (Wildman–Crippen LogP) is 0.632. The molecule has 0 saturated carbocycles. The Labute approximate surface area is 152 Å². The van der Waals surface area contributed by atoms with Crippen LogP contribution in [0.2, 0.25) is 0 Å². The summed E-state index contributed by atoms with van der Waals surface area (Å²) in [4.78, 5) is 12.8. The van der Waals surface area contributed by atoms with Crippen molar-refractivity contribution in [3.8, 4) is 0 Å². The van der Waals surface area contributed by atoms with E-state index in [1.807, 2.05) is 16.5 Å². The summed E-state index contributed by atoms with van der Waals surface area (Å²) in [6.45, 7) is 3.80. The maximum absolute atomic E-state index is 11.0. The minimum Gasteiger partial charge on any atom is -0.370 e. The van der Waals surface area contributed by atoms with Crippen molar-refractivity contribution < 1.29 is 8.42 Å². The van der Waals surface area contributed by atoms with Crippen LogP contribution < -0.4 is 10.6 Å². The van der Waals surface area contributed by atoms with Crippen LogP contribution >= 0.6 is 35.3 Å². The number of hydrogen-bond acceptors (Lipinski definition) is 6. The summed E-state index contributed by atoms with van der Waals surface area (Å²) in [5.41, 5.74) is 5.96. The van der Waals surface area contributed by atoms with Gasteiger partial charge in [-0.05, 0) is 6.42 Å². The molecular weight excluding hydrogens is 437 g/mol. The van der Waals surface area contributed by atoms with Gasteiger partial charge in [0.1, 0.15) is 9.84 Å². The molecule has 0 radical (unpaired) electrons. The van der Waals surface area contributed by atoms with Gasteiger partial charge in [-0.15, -0.1) is 35.3 Å². The first kappa shape index (κ1) is 19.4. The van der Waals surface area contributed by atoms with Crippen molar-refractivity contribution in [2.75, 3.05) is 49.6 Å². The molecule has 1 saturated heterocycles. The Morgan fingerprint density at radius 3 is 2.64 bits per heavy atom. The van der Waals surface area contributed by atoms with Crippen LogP contribution in [0, 0.1) is 0 Å². The fourth-order valence-corrected chi connectivity index (χ4v) is 3.47. The van der Waals surface area contributed by atoms with Crippen molar-refractivity contribution in [3.63, 3.8) is 0 Å². The van der Waals surface area contributed by atoms with Gasteiger partial charge >= 0.3 is 0 Å². The molecule has 0 amide bonds. The molecule has 2 rings (SSSR count). The normalized spacial score (nSPS) is 16.5. The molecule has 1 aromatic heterocycles. The summed E-state index contributed by atoms with van der Waals surface area (Å²) in [7, 11) is -2.92. The van der Waals surface area contributed by atoms with E-state index in [1.165, 1.54) is 6.26 Å². The van der Waals surface area contributed by atoms with Gasteiger partial charge < -0.3 is 15.5 Å². The highest BCUT2D eigenvalue weighted by atomic mass is 127. The fraction of sp³-hybridized carbons (Fsp3) is 0.667. The average molecular weight is 459 g/mol. The first-order chi connectivity index (χ1) is 9.96. The molecule has 2 N–H and O–H groups in total. The number of nitrogens with two attached hydrogens (primary N) is 1. The Kier molecular flexibility index (Phi) is 7.83. The monoisotopic (exact) mass is 459 g/mol. The van der Waals surface area contributed by atoms with Crippen LogP contribution in [0.4, 0.5) is 5.13 Å². The van der Waals surface area contributed by atoms with Crippen LogP contribution in [0.5, 0.6) is 0 Å². The second kappa shape index (κ2) is 8.87. The summed E-state index contributed by atoms with van der Waals surface area (Å²) in [5.74, 6) is 0.656. The largest absolute Gasteiger partial charge is 0.370 e. The number of piperazine rings is 1. The minimum atomic E-state index is -2.92. The van der Waals surface area contributed by atoms with Gasteiger partial charge in [-0.3, -0.25) is 4.99 Å². The number of hydrogen-bond donors (Lipinski definition) is 1. The van der Waals surface area contributed by atoms with Crippen molar-refractivity contribution >= 4 is 56.2 Å². The van der Waals surface area contributed by atoms with E-state index in [-0.39, 0.29) is 29.7 Å². The third-order valence-corrected chi connectivity index (χ3v) is 5.10. The molecule has 0 atom stereocenters. The van der Waals surface area contributed by atoms with Gasteiger partial charge in [0.25, 0.3) is 0 Å². The molecule has 0 spiro atoms. The lowest BCUT2D eigenvalue weighted by atomic mass is 10.3. The minimum absolute atomic E-state index is 0. The number of aliphatic imine (C=N–C) groups is 1. The highest BCUT2D eigenvalue weighted by Gasteiger charge is 2.19. The molecule has 126 valence electrons. The lowest BCUT2D eigenvalue weighted by molar-refractivity contribution is 0.380. The highest BCUT2D eigenvalue weighted by molar-refractivity contribution is 14.0. The van der Waals surface area contributed by atoms with Gasteiger partial charge in [-0.1, -0.05) is 0 Å². The van der Waals surface area contributed by atoms with E-state index in [4.69, 9.17) is 5.73 Å². The third-order valence-electron chi connectivity index (χ3n) is 3.24. The van der Waals surface area contributed by atoms with Gasteiger partial charge in [-0.25, -0.2) is 13.4 Å². The van der Waals surface area contributed by atoms with Crippen LogP contribution in [0.1, 0.15) is 6.42 Å². The van der Waals surface area contributed by atoms with Crippen LogP contribution in [0.15, 0.2) is 16.6 Å². The lowest BCUT2D eigenvalue weighted by Gasteiger charge is -2.35. The zero-order valence-electron chi connectivity index (χ0n) is 12.5. The molecule has 1 aromatic rings. The van der Waals surface area contributed by atoms with Crippen LogP contribution in [-0.4, -0.2) is 69.0 Å². The maximum atomic E-state index is 11.0. The summed E-state index contributed by atoms with van der Waals surface area (Å²) < 4.78 is 22.1. The van der Waals surface area contributed by atoms with Crippen molar-refractivity contribution in [1.29, 1.82) is 0 Å². The number of halogens is 1. The molecule has 10 heteroatoms. The Hall–Kier alpha value is -0.620. The Morgan fingerprint density at radius 2 is 2.09 bits per heavy atom. The number of sulfone groups is 1. The zero-order chi connectivity index (χ0) is 15.3. The van der Waals surface area contributed by atoms with E-state index in [9.17, 15) is 8.42 Å². The summed E-state index contributed by atoms with van der Waals surface area (Å²) in [6.07, 6.45) is 3.56. The standard InChI is InChI=1S/C12H21N5O2S2.HI/c1-21(18,19)10-2-3-14-11(13)16-5-7-17(8-6-16)12-15-4-9-20-12;/h4,9H,2-3,5-8,10H2,1H3,(H2,13,14);1H. The van der Waals surface area contributed by atoms with Gasteiger partial charge in [0.2, 0.25) is 0 Å². The average Bonchev–Trinajstić information content (AvgIpc) is 2.96. The Morgan fingerprint density at radius 1 is 1.41 bits per heavy atom. The number of rotatable bonds is 5. The van der Waals surface area contributed by atoms with Crippen molar-refractivity contribution in [2.24, 2.45) is 10.7 Å². The lowest BCUT2D eigenvalue weighted by Crippen LogP contribution is -2.51. The molecular formula is C12H22IN5O2S2. The Bertz CT molecular complexity index is 568. The summed E-state index contributed by atoms with van der Waals surface area (Å²) in [5, 5.41) is 3.01. The smallest absolute Gasteiger partial charge is 0.191 e. The van der Waals surface area contributed by atoms with E-state index < -0.39 is 9.84 Å². The van der Waals surface area contributed by atoms with Crippen LogP contribution in [-0.2, 0) is 9.84 Å².